The topological polar surface area (TPSA) is 118 Å². The van der Waals surface area contributed by atoms with Crippen molar-refractivity contribution in [2.24, 2.45) is 5.10 Å². The molecule has 8 nitrogen and oxygen atoms in total. The van der Waals surface area contributed by atoms with E-state index in [0.29, 0.717) is 5.69 Å². The third-order valence-corrected chi connectivity index (χ3v) is 3.36. The summed E-state index contributed by atoms with van der Waals surface area (Å²) in [5.41, 5.74) is 2.90. The van der Waals surface area contributed by atoms with Crippen LogP contribution in [0.15, 0.2) is 29.4 Å². The number of rotatable bonds is 4. The van der Waals surface area contributed by atoms with E-state index in [-0.39, 0.29) is 17.2 Å². The number of nitriles is 1. The monoisotopic (exact) mass is 300 g/mol. The Balaban J connectivity index is 2.09. The van der Waals surface area contributed by atoms with Gasteiger partial charge in [-0.3, -0.25) is 20.9 Å². The third kappa shape index (κ3) is 3.79. The van der Waals surface area contributed by atoms with Crippen molar-refractivity contribution in [3.63, 3.8) is 0 Å². The van der Waals surface area contributed by atoms with Crippen molar-refractivity contribution in [3.8, 4) is 6.07 Å². The van der Waals surface area contributed by atoms with Crippen LogP contribution >= 0.6 is 0 Å². The first-order valence-electron chi connectivity index (χ1n) is 6.94. The highest BCUT2D eigenvalue weighted by molar-refractivity contribution is 6.46. The Labute approximate surface area is 127 Å². The van der Waals surface area contributed by atoms with Gasteiger partial charge in [0.2, 0.25) is 5.71 Å². The van der Waals surface area contributed by atoms with Crippen LogP contribution in [0.25, 0.3) is 0 Å². The summed E-state index contributed by atoms with van der Waals surface area (Å²) in [6, 6.07) is 7.72. The molecule has 0 bridgehead atoms. The number of amidine groups is 1. The van der Waals surface area contributed by atoms with Gasteiger partial charge in [0.05, 0.1) is 10.6 Å². The van der Waals surface area contributed by atoms with Crippen molar-refractivity contribution in [2.45, 2.75) is 19.3 Å². The summed E-state index contributed by atoms with van der Waals surface area (Å²) in [7, 11) is 0. The van der Waals surface area contributed by atoms with Crippen LogP contribution in [0.5, 0.6) is 0 Å². The fourth-order valence-corrected chi connectivity index (χ4v) is 2.21. The number of hydrogen-bond acceptors (Lipinski definition) is 6. The van der Waals surface area contributed by atoms with Crippen molar-refractivity contribution in [1.82, 2.24) is 4.90 Å². The molecule has 0 aliphatic carbocycles. The summed E-state index contributed by atoms with van der Waals surface area (Å²) in [5, 5.41) is 31.8. The molecule has 22 heavy (non-hydrogen) atoms. The fraction of sp³-hybridized carbons (Fsp3) is 0.357. The van der Waals surface area contributed by atoms with E-state index in [1.165, 1.54) is 18.2 Å². The van der Waals surface area contributed by atoms with Crippen LogP contribution in [0.1, 0.15) is 19.3 Å². The minimum absolute atomic E-state index is 0.0339. The molecule has 2 N–H and O–H groups in total. The van der Waals surface area contributed by atoms with E-state index in [2.05, 4.69) is 10.5 Å². The molecule has 0 spiro atoms. The lowest BCUT2D eigenvalue weighted by Gasteiger charge is -2.27. The summed E-state index contributed by atoms with van der Waals surface area (Å²) < 4.78 is 0. The maximum absolute atomic E-state index is 10.7. The highest BCUT2D eigenvalue weighted by atomic mass is 16.6. The predicted molar refractivity (Wildman–Crippen MR) is 82.9 cm³/mol. The highest BCUT2D eigenvalue weighted by Gasteiger charge is 2.18. The molecule has 1 saturated heterocycles. The van der Waals surface area contributed by atoms with E-state index in [9.17, 15) is 10.1 Å². The third-order valence-electron chi connectivity index (χ3n) is 3.36. The van der Waals surface area contributed by atoms with Crippen molar-refractivity contribution in [2.75, 3.05) is 18.5 Å². The molecule has 0 amide bonds. The standard InChI is InChI=1S/C14H16N6O2/c15-10-13(14(16)19-7-2-1-3-8-19)18-17-11-5-4-6-12(9-11)20(21)22/h4-6,9,16-17H,1-3,7-8H2. The van der Waals surface area contributed by atoms with Crippen molar-refractivity contribution < 1.29 is 4.92 Å². The SMILES string of the molecule is N#CC(=NNc1cccc([N+](=O)[O-])c1)C(=N)N1CCCCC1. The van der Waals surface area contributed by atoms with E-state index in [1.54, 1.807) is 6.07 Å². The summed E-state index contributed by atoms with van der Waals surface area (Å²) in [6.45, 7) is 1.49. The fourth-order valence-electron chi connectivity index (χ4n) is 2.21. The van der Waals surface area contributed by atoms with Gasteiger partial charge in [-0.05, 0) is 25.3 Å². The second-order valence-corrected chi connectivity index (χ2v) is 4.89. The van der Waals surface area contributed by atoms with Crippen LogP contribution < -0.4 is 5.43 Å². The van der Waals surface area contributed by atoms with Crippen LogP contribution in [0.2, 0.25) is 0 Å². The molecule has 1 fully saturated rings. The zero-order valence-electron chi connectivity index (χ0n) is 12.0. The number of anilines is 1. The normalized spacial score (nSPS) is 15.0. The van der Waals surface area contributed by atoms with Crippen LogP contribution in [-0.2, 0) is 0 Å². The molecule has 0 atom stereocenters. The van der Waals surface area contributed by atoms with Gasteiger partial charge < -0.3 is 4.90 Å². The summed E-state index contributed by atoms with van der Waals surface area (Å²) >= 11 is 0. The zero-order valence-corrected chi connectivity index (χ0v) is 12.0. The molecule has 0 aromatic heterocycles. The van der Waals surface area contributed by atoms with Crippen LogP contribution in [0.4, 0.5) is 11.4 Å². The van der Waals surface area contributed by atoms with Gasteiger partial charge >= 0.3 is 0 Å². The molecule has 1 aromatic carbocycles. The van der Waals surface area contributed by atoms with Gasteiger partial charge in [0, 0.05) is 25.2 Å². The molecule has 0 saturated carbocycles. The first-order chi connectivity index (χ1) is 10.6. The molecule has 0 unspecified atom stereocenters. The first kappa shape index (κ1) is 15.4. The Morgan fingerprint density at radius 1 is 1.41 bits per heavy atom. The van der Waals surface area contributed by atoms with Gasteiger partial charge in [-0.25, -0.2) is 0 Å². The maximum atomic E-state index is 10.7. The van der Waals surface area contributed by atoms with Crippen LogP contribution in [0, 0.1) is 26.9 Å². The maximum Gasteiger partial charge on any atom is 0.271 e. The molecule has 0 radical (unpaired) electrons. The summed E-state index contributed by atoms with van der Waals surface area (Å²) in [5.74, 6) is 0.0835. The van der Waals surface area contributed by atoms with Gasteiger partial charge in [-0.2, -0.15) is 10.4 Å². The van der Waals surface area contributed by atoms with E-state index >= 15 is 0 Å². The first-order valence-corrected chi connectivity index (χ1v) is 6.94. The Kier molecular flexibility index (Phi) is 5.03. The number of nitro benzene ring substituents is 1. The second kappa shape index (κ2) is 7.17. The zero-order chi connectivity index (χ0) is 15.9. The molecule has 1 aromatic rings. The lowest BCUT2D eigenvalue weighted by molar-refractivity contribution is -0.384. The number of nitro groups is 1. The molecular formula is C14H16N6O2. The quantitative estimate of drug-likeness (QED) is 0.383. The average molecular weight is 300 g/mol. The molecule has 1 heterocycles. The van der Waals surface area contributed by atoms with Gasteiger partial charge in [0.15, 0.2) is 5.84 Å². The number of hydrazone groups is 1. The van der Waals surface area contributed by atoms with Crippen molar-refractivity contribution in [3.05, 3.63) is 34.4 Å². The van der Waals surface area contributed by atoms with Crippen LogP contribution in [-0.4, -0.2) is 34.5 Å². The second-order valence-electron chi connectivity index (χ2n) is 4.89. The summed E-state index contributed by atoms with van der Waals surface area (Å²) in [4.78, 5) is 12.0. The van der Waals surface area contributed by atoms with Gasteiger partial charge in [-0.15, -0.1) is 0 Å². The van der Waals surface area contributed by atoms with Gasteiger partial charge in [0.1, 0.15) is 6.07 Å². The average Bonchev–Trinajstić information content (AvgIpc) is 2.56. The smallest absolute Gasteiger partial charge is 0.271 e. The Bertz CT molecular complexity index is 643. The number of likely N-dealkylation sites (tertiary alicyclic amines) is 1. The minimum atomic E-state index is -0.504. The van der Waals surface area contributed by atoms with E-state index in [4.69, 9.17) is 10.7 Å². The van der Waals surface area contributed by atoms with Crippen molar-refractivity contribution >= 4 is 22.9 Å². The van der Waals surface area contributed by atoms with E-state index < -0.39 is 4.92 Å². The Morgan fingerprint density at radius 3 is 2.77 bits per heavy atom. The van der Waals surface area contributed by atoms with Gasteiger partial charge in [-0.1, -0.05) is 6.07 Å². The minimum Gasteiger partial charge on any atom is -0.355 e. The van der Waals surface area contributed by atoms with E-state index in [1.807, 2.05) is 11.0 Å². The van der Waals surface area contributed by atoms with Gasteiger partial charge in [0.25, 0.3) is 5.69 Å². The number of nitrogens with one attached hydrogen (secondary N) is 2. The van der Waals surface area contributed by atoms with Crippen molar-refractivity contribution in [1.29, 1.82) is 10.7 Å². The Hall–Kier alpha value is -2.95. The lowest BCUT2D eigenvalue weighted by atomic mass is 10.1. The number of nitrogens with zero attached hydrogens (tertiary/aromatic N) is 4. The molecule has 1 aliphatic heterocycles. The predicted octanol–water partition coefficient (Wildman–Crippen LogP) is 2.35. The highest BCUT2D eigenvalue weighted by Crippen LogP contribution is 2.17. The molecule has 8 heteroatoms. The molecule has 2 rings (SSSR count). The molecular weight excluding hydrogens is 284 g/mol. The van der Waals surface area contributed by atoms with Crippen LogP contribution in [0.3, 0.4) is 0 Å². The molecule has 1 aliphatic rings. The van der Waals surface area contributed by atoms with E-state index in [0.717, 1.165) is 32.4 Å². The number of piperidine rings is 1. The number of benzene rings is 1. The largest absolute Gasteiger partial charge is 0.355 e. The number of non-ortho nitro benzene ring substituents is 1. The lowest BCUT2D eigenvalue weighted by Crippen LogP contribution is -2.39. The number of hydrogen-bond donors (Lipinski definition) is 2. The Morgan fingerprint density at radius 2 is 2.14 bits per heavy atom. The summed E-state index contributed by atoms with van der Waals surface area (Å²) in [6.07, 6.45) is 3.13. The molecule has 114 valence electrons.